The third kappa shape index (κ3) is 5.45. The molecule has 0 spiro atoms. The van der Waals surface area contributed by atoms with Crippen molar-refractivity contribution in [2.45, 2.75) is 27.2 Å². The highest BCUT2D eigenvalue weighted by Gasteiger charge is 1.91. The second-order valence-electron chi connectivity index (χ2n) is 2.19. The second kappa shape index (κ2) is 8.74. The molecule has 15 heavy (non-hydrogen) atoms. The van der Waals surface area contributed by atoms with E-state index in [2.05, 4.69) is 25.3 Å². The molecule has 6 heteroatoms. The van der Waals surface area contributed by atoms with Crippen LogP contribution in [0, 0.1) is 0 Å². The van der Waals surface area contributed by atoms with Crippen molar-refractivity contribution in [2.75, 3.05) is 0 Å². The van der Waals surface area contributed by atoms with E-state index in [9.17, 15) is 0 Å². The van der Waals surface area contributed by atoms with Gasteiger partial charge < -0.3 is 5.84 Å². The molecule has 0 unspecified atom stereocenters. The molecule has 0 radical (unpaired) electrons. The maximum absolute atomic E-state index is 4.77. The van der Waals surface area contributed by atoms with Crippen molar-refractivity contribution in [3.05, 3.63) is 18.1 Å². The fourth-order valence-corrected chi connectivity index (χ4v) is 0.712. The van der Waals surface area contributed by atoms with Crippen LogP contribution in [0.15, 0.2) is 27.7 Å². The molecule has 0 atom stereocenters. The maximum atomic E-state index is 4.77. The molecular weight excluding hydrogens is 192 g/mol. The van der Waals surface area contributed by atoms with Crippen molar-refractivity contribution in [2.24, 2.45) is 21.2 Å². The summed E-state index contributed by atoms with van der Waals surface area (Å²) in [6, 6.07) is 0. The van der Waals surface area contributed by atoms with Crippen LogP contribution in [0.1, 0.15) is 26.5 Å². The SMILES string of the molecule is CC.CCc1cnc(N=CN=NN)cn1. The van der Waals surface area contributed by atoms with E-state index in [4.69, 9.17) is 5.84 Å². The summed E-state index contributed by atoms with van der Waals surface area (Å²) >= 11 is 0. The molecule has 6 nitrogen and oxygen atoms in total. The van der Waals surface area contributed by atoms with Gasteiger partial charge in [0.25, 0.3) is 0 Å². The second-order valence-corrected chi connectivity index (χ2v) is 2.19. The molecule has 1 heterocycles. The molecule has 2 N–H and O–H groups in total. The van der Waals surface area contributed by atoms with Crippen LogP contribution < -0.4 is 5.84 Å². The van der Waals surface area contributed by atoms with Gasteiger partial charge in [-0.15, -0.1) is 5.11 Å². The highest BCUT2D eigenvalue weighted by atomic mass is 15.3. The highest BCUT2D eigenvalue weighted by Crippen LogP contribution is 2.04. The quantitative estimate of drug-likeness (QED) is 0.271. The Labute approximate surface area is 89.4 Å². The Hall–Kier alpha value is -1.85. The fourth-order valence-electron chi connectivity index (χ4n) is 0.712. The van der Waals surface area contributed by atoms with Gasteiger partial charge in [0.15, 0.2) is 5.82 Å². The number of aliphatic imine (C=N–C) groups is 1. The third-order valence-electron chi connectivity index (χ3n) is 1.36. The molecule has 0 saturated heterocycles. The first-order valence-electron chi connectivity index (χ1n) is 4.80. The van der Waals surface area contributed by atoms with E-state index in [-0.39, 0.29) is 0 Å². The van der Waals surface area contributed by atoms with Crippen LogP contribution in [0.3, 0.4) is 0 Å². The maximum Gasteiger partial charge on any atom is 0.172 e. The number of rotatable bonds is 3. The van der Waals surface area contributed by atoms with Crippen molar-refractivity contribution in [1.29, 1.82) is 0 Å². The molecule has 82 valence electrons. The van der Waals surface area contributed by atoms with E-state index in [1.165, 1.54) is 6.34 Å². The lowest BCUT2D eigenvalue weighted by Gasteiger charge is -1.93. The summed E-state index contributed by atoms with van der Waals surface area (Å²) in [5.74, 6) is 5.26. The van der Waals surface area contributed by atoms with E-state index in [0.717, 1.165) is 12.1 Å². The number of aryl methyl sites for hydroxylation is 1. The normalized spacial score (nSPS) is 10.3. The van der Waals surface area contributed by atoms with Gasteiger partial charge in [0, 0.05) is 0 Å². The zero-order valence-electron chi connectivity index (χ0n) is 9.25. The summed E-state index contributed by atoms with van der Waals surface area (Å²) in [7, 11) is 0. The first kappa shape index (κ1) is 13.2. The number of nitrogens with zero attached hydrogens (tertiary/aromatic N) is 5. The lowest BCUT2D eigenvalue weighted by atomic mass is 10.4. The summed E-state index contributed by atoms with van der Waals surface area (Å²) in [6.07, 6.45) is 5.32. The summed E-state index contributed by atoms with van der Waals surface area (Å²) in [5.41, 5.74) is 0.930. The number of hydrogen-bond donors (Lipinski definition) is 1. The summed E-state index contributed by atoms with van der Waals surface area (Å²) in [4.78, 5) is 11.9. The van der Waals surface area contributed by atoms with E-state index < -0.39 is 0 Å². The van der Waals surface area contributed by atoms with Crippen molar-refractivity contribution in [3.8, 4) is 0 Å². The lowest BCUT2D eigenvalue weighted by molar-refractivity contribution is 0.997. The minimum Gasteiger partial charge on any atom is -0.305 e. The van der Waals surface area contributed by atoms with E-state index in [1.54, 1.807) is 12.4 Å². The summed E-state index contributed by atoms with van der Waals surface area (Å²) in [6.45, 7) is 6.01. The Morgan fingerprint density at radius 3 is 2.53 bits per heavy atom. The third-order valence-corrected chi connectivity index (χ3v) is 1.36. The van der Waals surface area contributed by atoms with Crippen molar-refractivity contribution in [1.82, 2.24) is 9.97 Å². The van der Waals surface area contributed by atoms with Gasteiger partial charge in [-0.25, -0.2) is 9.98 Å². The van der Waals surface area contributed by atoms with Gasteiger partial charge in [0.1, 0.15) is 6.34 Å². The molecule has 1 aromatic heterocycles. The smallest absolute Gasteiger partial charge is 0.172 e. The first-order chi connectivity index (χ1) is 7.36. The molecular formula is C9H16N6. The van der Waals surface area contributed by atoms with Gasteiger partial charge in [0.05, 0.1) is 18.1 Å². The lowest BCUT2D eigenvalue weighted by Crippen LogP contribution is -1.87. The molecule has 0 aliphatic heterocycles. The zero-order chi connectivity index (χ0) is 11.5. The van der Waals surface area contributed by atoms with Crippen LogP contribution in [-0.4, -0.2) is 16.3 Å². The van der Waals surface area contributed by atoms with Gasteiger partial charge in [0.2, 0.25) is 0 Å². The molecule has 1 rings (SSSR count). The average Bonchev–Trinajstić information content (AvgIpc) is 2.33. The fraction of sp³-hybridized carbons (Fsp3) is 0.444. The van der Waals surface area contributed by atoms with Crippen LogP contribution in [0.25, 0.3) is 0 Å². The van der Waals surface area contributed by atoms with E-state index in [1.807, 2.05) is 20.8 Å². The standard InChI is InChI=1S/C7H10N6.C2H6/c1-2-6-3-10-7(4-9-6)11-5-12-13-8;1-2/h3-5H,2H2,1H3,(H2,8,10,11,12);1-2H3. The van der Waals surface area contributed by atoms with Crippen LogP contribution in [-0.2, 0) is 6.42 Å². The zero-order valence-corrected chi connectivity index (χ0v) is 9.25. The minimum atomic E-state index is 0.490. The topological polar surface area (TPSA) is 88.9 Å². The van der Waals surface area contributed by atoms with Gasteiger partial charge in [-0.2, -0.15) is 0 Å². The molecule has 0 amide bonds. The molecule has 0 fully saturated rings. The van der Waals surface area contributed by atoms with Crippen LogP contribution in [0.2, 0.25) is 0 Å². The Morgan fingerprint density at radius 2 is 2.07 bits per heavy atom. The number of nitrogens with two attached hydrogens (primary N) is 1. The number of aromatic nitrogens is 2. The van der Waals surface area contributed by atoms with Crippen molar-refractivity contribution in [3.63, 3.8) is 0 Å². The van der Waals surface area contributed by atoms with Crippen LogP contribution in [0.4, 0.5) is 5.82 Å². The minimum absolute atomic E-state index is 0.490. The van der Waals surface area contributed by atoms with E-state index >= 15 is 0 Å². The van der Waals surface area contributed by atoms with Crippen molar-refractivity contribution >= 4 is 12.2 Å². The Morgan fingerprint density at radius 1 is 1.33 bits per heavy atom. The average molecular weight is 208 g/mol. The largest absolute Gasteiger partial charge is 0.305 e. The van der Waals surface area contributed by atoms with Crippen LogP contribution >= 0.6 is 0 Å². The van der Waals surface area contributed by atoms with Gasteiger partial charge in [-0.3, -0.25) is 4.98 Å². The van der Waals surface area contributed by atoms with Gasteiger partial charge in [-0.1, -0.05) is 26.0 Å². The predicted octanol–water partition coefficient (Wildman–Crippen LogP) is 2.05. The predicted molar refractivity (Wildman–Crippen MR) is 60.0 cm³/mol. The summed E-state index contributed by atoms with van der Waals surface area (Å²) < 4.78 is 0. The molecule has 0 aromatic carbocycles. The number of hydrogen-bond acceptors (Lipinski definition) is 4. The van der Waals surface area contributed by atoms with Gasteiger partial charge >= 0.3 is 0 Å². The monoisotopic (exact) mass is 208 g/mol. The molecule has 0 saturated carbocycles. The molecule has 0 aliphatic rings. The van der Waals surface area contributed by atoms with Gasteiger partial charge in [-0.05, 0) is 6.42 Å². The Balaban J connectivity index is 0.000000921. The molecule has 0 bridgehead atoms. The molecule has 0 aliphatic carbocycles. The highest BCUT2D eigenvalue weighted by molar-refractivity contribution is 5.58. The molecule has 1 aromatic rings. The Kier molecular flexibility index (Phi) is 7.66. The first-order valence-corrected chi connectivity index (χ1v) is 4.80. The van der Waals surface area contributed by atoms with Crippen LogP contribution in [0.5, 0.6) is 0 Å². The Bertz CT molecular complexity index is 303. The van der Waals surface area contributed by atoms with E-state index in [0.29, 0.717) is 5.82 Å². The van der Waals surface area contributed by atoms with Crippen molar-refractivity contribution < 1.29 is 0 Å². The summed E-state index contributed by atoms with van der Waals surface area (Å²) in [5, 5.41) is 6.36.